The maximum absolute atomic E-state index is 14.1. The molecule has 6 unspecified atom stereocenters. The number of carbonyl (C=O) groups excluding carboxylic acids is 4. The maximum atomic E-state index is 14.1. The number of ether oxygens (including phenoxy) is 2. The Hall–Kier alpha value is -5.70. The fourth-order valence-corrected chi connectivity index (χ4v) is 11.7. The van der Waals surface area contributed by atoms with E-state index in [9.17, 15) is 19.2 Å². The Balaban J connectivity index is 1.09. The molecule has 2 saturated heterocycles. The Labute approximate surface area is 352 Å². The highest BCUT2D eigenvalue weighted by Crippen LogP contribution is 2.40. The standard InChI is InChI=1S/C45H58N8O6Si/c1-9-26(3)37(50-44(56)58-5)42(54)52-21-11-12-35(52)40-46-23-34(48-40)29-15-13-28(14-16-29)30-17-19-32-31(22-30)18-20-33-39(32)49-41(47-33)36-24-60(7,8)25-53(36)43(55)38(27(4)10-2)51-45(57)59-6/h13-20,22-23,26-27,35-38H,9-12,21,24-25H2,1-8H3,(H,46,48)(H,47,49)(H,50,56)(H,51,57). The largest absolute Gasteiger partial charge is 0.453 e. The van der Waals surface area contributed by atoms with E-state index in [-0.39, 0.29) is 35.7 Å². The smallest absolute Gasteiger partial charge is 0.407 e. The van der Waals surface area contributed by atoms with Crippen LogP contribution in [0.2, 0.25) is 19.1 Å². The summed E-state index contributed by atoms with van der Waals surface area (Å²) in [5.74, 6) is 1.16. The Morgan fingerprint density at radius 2 is 1.42 bits per heavy atom. The third-order valence-corrected chi connectivity index (χ3v) is 15.3. The van der Waals surface area contributed by atoms with Gasteiger partial charge in [0.25, 0.3) is 0 Å². The van der Waals surface area contributed by atoms with Crippen molar-refractivity contribution >= 4 is 53.9 Å². The van der Waals surface area contributed by atoms with E-state index in [2.05, 4.69) is 88.3 Å². The van der Waals surface area contributed by atoms with Gasteiger partial charge < -0.3 is 39.9 Å². The molecule has 0 spiro atoms. The quantitative estimate of drug-likeness (QED) is 0.0913. The van der Waals surface area contributed by atoms with Gasteiger partial charge in [-0.05, 0) is 64.9 Å². The first kappa shape index (κ1) is 42.4. The van der Waals surface area contributed by atoms with Crippen LogP contribution in [0, 0.1) is 11.8 Å². The molecule has 7 rings (SSSR count). The number of amides is 4. The van der Waals surface area contributed by atoms with Crippen molar-refractivity contribution in [1.82, 2.24) is 40.4 Å². The van der Waals surface area contributed by atoms with Crippen molar-refractivity contribution in [2.45, 2.75) is 96.7 Å². The molecular formula is C45H58N8O6Si. The second kappa shape index (κ2) is 17.5. The van der Waals surface area contributed by atoms with Gasteiger partial charge in [0, 0.05) is 18.1 Å². The van der Waals surface area contributed by atoms with Gasteiger partial charge in [0.15, 0.2) is 0 Å². The van der Waals surface area contributed by atoms with Crippen molar-refractivity contribution in [2.24, 2.45) is 11.8 Å². The van der Waals surface area contributed by atoms with E-state index in [1.807, 2.05) is 43.7 Å². The number of fused-ring (bicyclic) bond motifs is 3. The molecule has 2 fully saturated rings. The number of likely N-dealkylation sites (tertiary alicyclic amines) is 1. The van der Waals surface area contributed by atoms with E-state index in [1.165, 1.54) is 14.2 Å². The van der Waals surface area contributed by atoms with Gasteiger partial charge in [0.2, 0.25) is 11.8 Å². The topological polar surface area (TPSA) is 175 Å². The molecular weight excluding hydrogens is 777 g/mol. The second-order valence-electron chi connectivity index (χ2n) is 17.3. The molecule has 60 heavy (non-hydrogen) atoms. The van der Waals surface area contributed by atoms with E-state index in [0.29, 0.717) is 12.7 Å². The zero-order valence-electron chi connectivity index (χ0n) is 35.9. The van der Waals surface area contributed by atoms with Gasteiger partial charge in [-0.2, -0.15) is 0 Å². The molecule has 0 bridgehead atoms. The van der Waals surface area contributed by atoms with Gasteiger partial charge in [-0.3, -0.25) is 9.59 Å². The molecule has 4 amide bonds. The van der Waals surface area contributed by atoms with Crippen LogP contribution in [0.3, 0.4) is 0 Å². The Morgan fingerprint density at radius 1 is 0.800 bits per heavy atom. The summed E-state index contributed by atoms with van der Waals surface area (Å²) in [6.07, 6.45) is 4.38. The van der Waals surface area contributed by atoms with Gasteiger partial charge in [-0.25, -0.2) is 19.6 Å². The highest BCUT2D eigenvalue weighted by Gasteiger charge is 2.46. The number of imidazole rings is 2. The molecule has 3 aromatic carbocycles. The molecule has 2 aromatic heterocycles. The van der Waals surface area contributed by atoms with Crippen LogP contribution in [0.5, 0.6) is 0 Å². The van der Waals surface area contributed by atoms with Crippen LogP contribution in [-0.4, -0.2) is 101 Å². The minimum absolute atomic E-state index is 0.0568. The minimum atomic E-state index is -1.78. The van der Waals surface area contributed by atoms with Gasteiger partial charge in [0.05, 0.1) is 57.3 Å². The number of methoxy groups -OCH3 is 2. The fourth-order valence-electron chi connectivity index (χ4n) is 8.81. The van der Waals surface area contributed by atoms with E-state index in [4.69, 9.17) is 19.4 Å². The summed E-state index contributed by atoms with van der Waals surface area (Å²) in [7, 11) is 0.831. The molecule has 318 valence electrons. The molecule has 2 aliphatic heterocycles. The van der Waals surface area contributed by atoms with E-state index in [0.717, 1.165) is 87.6 Å². The van der Waals surface area contributed by atoms with Crippen molar-refractivity contribution in [3.8, 4) is 22.4 Å². The monoisotopic (exact) mass is 834 g/mol. The summed E-state index contributed by atoms with van der Waals surface area (Å²) in [4.78, 5) is 73.0. The van der Waals surface area contributed by atoms with Crippen molar-refractivity contribution in [3.05, 3.63) is 72.4 Å². The summed E-state index contributed by atoms with van der Waals surface area (Å²) in [5, 5.41) is 7.64. The highest BCUT2D eigenvalue weighted by atomic mass is 28.3. The van der Waals surface area contributed by atoms with Crippen LogP contribution in [0.15, 0.2) is 60.8 Å². The van der Waals surface area contributed by atoms with Crippen molar-refractivity contribution in [3.63, 3.8) is 0 Å². The Kier molecular flexibility index (Phi) is 12.4. The van der Waals surface area contributed by atoms with Crippen LogP contribution in [-0.2, 0) is 19.1 Å². The van der Waals surface area contributed by atoms with Gasteiger partial charge in [0.1, 0.15) is 23.7 Å². The number of rotatable bonds is 12. The average Bonchev–Trinajstić information content (AvgIpc) is 4.09. The molecule has 15 heteroatoms. The molecule has 4 heterocycles. The summed E-state index contributed by atoms with van der Waals surface area (Å²) in [5.41, 5.74) is 5.75. The van der Waals surface area contributed by atoms with Crippen LogP contribution in [0.1, 0.15) is 77.1 Å². The SMILES string of the molecule is CCC(C)C(NC(=O)OC)C(=O)N1CCCC1c1ncc(-c2ccc(-c3ccc4c(ccc5[nH]c(C6C[Si](C)(C)CN6C(=O)C(NC(=O)OC)C(C)CC)nc54)c3)cc2)[nH]1. The van der Waals surface area contributed by atoms with Gasteiger partial charge >= 0.3 is 12.2 Å². The minimum Gasteiger partial charge on any atom is -0.453 e. The lowest BCUT2D eigenvalue weighted by molar-refractivity contribution is -0.136. The number of aromatic amines is 2. The zero-order chi connectivity index (χ0) is 42.9. The van der Waals surface area contributed by atoms with Gasteiger partial charge in [-0.15, -0.1) is 0 Å². The van der Waals surface area contributed by atoms with Crippen molar-refractivity contribution in [1.29, 1.82) is 0 Å². The number of benzene rings is 3. The molecule has 14 nitrogen and oxygen atoms in total. The van der Waals surface area contributed by atoms with E-state index >= 15 is 0 Å². The van der Waals surface area contributed by atoms with Gasteiger partial charge in [-0.1, -0.05) is 96.1 Å². The number of aromatic nitrogens is 4. The third-order valence-electron chi connectivity index (χ3n) is 12.7. The fraction of sp³-hybridized carbons (Fsp3) is 0.467. The van der Waals surface area contributed by atoms with Crippen molar-refractivity contribution < 1.29 is 28.7 Å². The first-order valence-corrected chi connectivity index (χ1v) is 24.5. The molecule has 5 aromatic rings. The number of H-pyrrole nitrogens is 2. The maximum Gasteiger partial charge on any atom is 0.407 e. The van der Waals surface area contributed by atoms with Crippen LogP contribution in [0.4, 0.5) is 9.59 Å². The van der Waals surface area contributed by atoms with Crippen LogP contribution in [0.25, 0.3) is 44.2 Å². The number of carbonyl (C=O) groups is 4. The highest BCUT2D eigenvalue weighted by molar-refractivity contribution is 6.78. The molecule has 2 aliphatic rings. The lowest BCUT2D eigenvalue weighted by Gasteiger charge is -2.31. The molecule has 0 radical (unpaired) electrons. The Bertz CT molecular complexity index is 2380. The second-order valence-corrected chi connectivity index (χ2v) is 22.4. The summed E-state index contributed by atoms with van der Waals surface area (Å²) < 4.78 is 9.69. The summed E-state index contributed by atoms with van der Waals surface area (Å²) in [6, 6.07) is 18.0. The lowest BCUT2D eigenvalue weighted by Crippen LogP contribution is -2.52. The van der Waals surface area contributed by atoms with E-state index in [1.54, 1.807) is 0 Å². The lowest BCUT2D eigenvalue weighted by atomic mass is 9.97. The number of alkyl carbamates (subject to hydrolysis) is 2. The van der Waals surface area contributed by atoms with Crippen LogP contribution < -0.4 is 10.6 Å². The first-order chi connectivity index (χ1) is 28.7. The predicted octanol–water partition coefficient (Wildman–Crippen LogP) is 8.11. The number of nitrogens with zero attached hydrogens (tertiary/aromatic N) is 4. The number of nitrogens with one attached hydrogen (secondary N) is 4. The number of hydrogen-bond acceptors (Lipinski definition) is 8. The summed E-state index contributed by atoms with van der Waals surface area (Å²) in [6.45, 7) is 13.1. The van der Waals surface area contributed by atoms with Crippen molar-refractivity contribution in [2.75, 3.05) is 26.9 Å². The van der Waals surface area contributed by atoms with Crippen LogP contribution >= 0.6 is 0 Å². The van der Waals surface area contributed by atoms with E-state index < -0.39 is 32.3 Å². The predicted molar refractivity (Wildman–Crippen MR) is 235 cm³/mol. The molecule has 0 saturated carbocycles. The third kappa shape index (κ3) is 8.49. The zero-order valence-corrected chi connectivity index (χ0v) is 36.9. The average molecular weight is 835 g/mol. The molecule has 6 atom stereocenters. The molecule has 4 N–H and O–H groups in total. The Morgan fingerprint density at radius 3 is 2.05 bits per heavy atom. The normalized spacial score (nSPS) is 19.5. The molecule has 0 aliphatic carbocycles. The summed E-state index contributed by atoms with van der Waals surface area (Å²) >= 11 is 0. The first-order valence-electron chi connectivity index (χ1n) is 21.1. The number of hydrogen-bond donors (Lipinski definition) is 4.